The third kappa shape index (κ3) is 8.30. The lowest BCUT2D eigenvalue weighted by molar-refractivity contribution is 0.301. The van der Waals surface area contributed by atoms with Crippen LogP contribution in [0.2, 0.25) is 0 Å². The highest BCUT2D eigenvalue weighted by atomic mass is 14.9. The van der Waals surface area contributed by atoms with E-state index in [4.69, 9.17) is 4.98 Å². The van der Waals surface area contributed by atoms with Gasteiger partial charge in [0.25, 0.3) is 0 Å². The summed E-state index contributed by atoms with van der Waals surface area (Å²) in [6.07, 6.45) is 27.4. The SMILES string of the molecule is CCCCCCCCCCc1cnc(-c2ccc(C3CCC(CCCC)CC3)nc2)nc1. The Balaban J connectivity index is 1.39. The van der Waals surface area contributed by atoms with E-state index in [1.54, 1.807) is 0 Å². The standard InChI is InChI=1S/C29H45N3/c1-3-5-7-8-9-10-11-12-14-25-21-31-29(32-22-25)27-19-20-28(30-23-27)26-17-15-24(16-18-26)13-6-4-2/h19-24,26H,3-18H2,1-2H3. The van der Waals surface area contributed by atoms with E-state index in [-0.39, 0.29) is 0 Å². The minimum atomic E-state index is 0.636. The predicted octanol–water partition coefficient (Wildman–Crippen LogP) is 8.69. The van der Waals surface area contributed by atoms with Crippen LogP contribution in [0.25, 0.3) is 11.4 Å². The number of hydrogen-bond donors (Lipinski definition) is 0. The molecule has 0 saturated heterocycles. The quantitative estimate of drug-likeness (QED) is 0.278. The van der Waals surface area contributed by atoms with Crippen molar-refractivity contribution in [3.05, 3.63) is 42.0 Å². The average molecular weight is 436 g/mol. The topological polar surface area (TPSA) is 38.7 Å². The Bertz CT molecular complexity index is 730. The molecular weight excluding hydrogens is 390 g/mol. The van der Waals surface area contributed by atoms with Gasteiger partial charge in [0.05, 0.1) is 0 Å². The zero-order chi connectivity index (χ0) is 22.4. The van der Waals surface area contributed by atoms with E-state index in [0.29, 0.717) is 5.92 Å². The molecule has 2 heterocycles. The Morgan fingerprint density at radius 2 is 1.34 bits per heavy atom. The normalized spacial score (nSPS) is 18.7. The van der Waals surface area contributed by atoms with Gasteiger partial charge in [0.2, 0.25) is 0 Å². The molecule has 3 nitrogen and oxygen atoms in total. The van der Waals surface area contributed by atoms with E-state index in [2.05, 4.69) is 35.9 Å². The number of pyridine rings is 1. The number of unbranched alkanes of at least 4 members (excludes halogenated alkanes) is 8. The molecule has 0 atom stereocenters. The van der Waals surface area contributed by atoms with Gasteiger partial charge in [-0.25, -0.2) is 9.97 Å². The lowest BCUT2D eigenvalue weighted by atomic mass is 9.78. The summed E-state index contributed by atoms with van der Waals surface area (Å²) in [6.45, 7) is 4.57. The first-order chi connectivity index (χ1) is 15.8. The highest BCUT2D eigenvalue weighted by Crippen LogP contribution is 2.37. The summed E-state index contributed by atoms with van der Waals surface area (Å²) in [5.74, 6) is 2.38. The van der Waals surface area contributed by atoms with Gasteiger partial charge in [-0.05, 0) is 62.1 Å². The number of nitrogens with zero attached hydrogens (tertiary/aromatic N) is 3. The fourth-order valence-electron chi connectivity index (χ4n) is 5.11. The fourth-order valence-corrected chi connectivity index (χ4v) is 5.11. The van der Waals surface area contributed by atoms with E-state index in [1.165, 1.54) is 108 Å². The Kier molecular flexibility index (Phi) is 11.2. The van der Waals surface area contributed by atoms with Crippen molar-refractivity contribution in [2.24, 2.45) is 5.92 Å². The van der Waals surface area contributed by atoms with Gasteiger partial charge in [-0.2, -0.15) is 0 Å². The first-order valence-corrected chi connectivity index (χ1v) is 13.6. The van der Waals surface area contributed by atoms with Crippen molar-refractivity contribution in [2.75, 3.05) is 0 Å². The van der Waals surface area contributed by atoms with Crippen molar-refractivity contribution in [2.45, 2.75) is 122 Å². The van der Waals surface area contributed by atoms with Crippen molar-refractivity contribution in [1.82, 2.24) is 15.0 Å². The molecule has 1 saturated carbocycles. The summed E-state index contributed by atoms with van der Waals surface area (Å²) in [6, 6.07) is 4.38. The molecule has 1 aliphatic carbocycles. The molecule has 1 aliphatic rings. The molecule has 176 valence electrons. The summed E-state index contributed by atoms with van der Waals surface area (Å²) in [7, 11) is 0. The van der Waals surface area contributed by atoms with Crippen LogP contribution in [0.1, 0.15) is 127 Å². The van der Waals surface area contributed by atoms with E-state index in [0.717, 1.165) is 23.7 Å². The second-order valence-corrected chi connectivity index (χ2v) is 9.97. The molecule has 1 fully saturated rings. The highest BCUT2D eigenvalue weighted by molar-refractivity contribution is 5.53. The first kappa shape index (κ1) is 24.9. The minimum absolute atomic E-state index is 0.636. The molecule has 2 aromatic heterocycles. The van der Waals surface area contributed by atoms with Gasteiger partial charge in [0, 0.05) is 35.8 Å². The highest BCUT2D eigenvalue weighted by Gasteiger charge is 2.22. The van der Waals surface area contributed by atoms with E-state index >= 15 is 0 Å². The Hall–Kier alpha value is -1.77. The molecule has 0 radical (unpaired) electrons. The summed E-state index contributed by atoms with van der Waals surface area (Å²) in [4.78, 5) is 14.1. The Morgan fingerprint density at radius 3 is 1.97 bits per heavy atom. The molecule has 0 aromatic carbocycles. The van der Waals surface area contributed by atoms with Crippen LogP contribution in [-0.2, 0) is 6.42 Å². The molecule has 0 spiro atoms. The maximum Gasteiger partial charge on any atom is 0.160 e. The van der Waals surface area contributed by atoms with Crippen LogP contribution in [-0.4, -0.2) is 15.0 Å². The van der Waals surface area contributed by atoms with Crippen LogP contribution >= 0.6 is 0 Å². The number of aromatic nitrogens is 3. The summed E-state index contributed by atoms with van der Waals surface area (Å²) in [5.41, 5.74) is 3.54. The number of rotatable bonds is 14. The fraction of sp³-hybridized carbons (Fsp3) is 0.690. The third-order valence-electron chi connectivity index (χ3n) is 7.30. The average Bonchev–Trinajstić information content (AvgIpc) is 2.85. The van der Waals surface area contributed by atoms with E-state index < -0.39 is 0 Å². The first-order valence-electron chi connectivity index (χ1n) is 13.6. The van der Waals surface area contributed by atoms with Gasteiger partial charge in [0.15, 0.2) is 5.82 Å². The number of hydrogen-bond acceptors (Lipinski definition) is 3. The van der Waals surface area contributed by atoms with Gasteiger partial charge in [-0.15, -0.1) is 0 Å². The van der Waals surface area contributed by atoms with Crippen molar-refractivity contribution in [1.29, 1.82) is 0 Å². The van der Waals surface area contributed by atoms with Gasteiger partial charge in [-0.1, -0.05) is 78.1 Å². The molecule has 32 heavy (non-hydrogen) atoms. The van der Waals surface area contributed by atoms with E-state index in [9.17, 15) is 0 Å². The maximum absolute atomic E-state index is 4.81. The van der Waals surface area contributed by atoms with Gasteiger partial charge in [-0.3, -0.25) is 4.98 Å². The molecular formula is C29H45N3. The lowest BCUT2D eigenvalue weighted by Gasteiger charge is -2.28. The third-order valence-corrected chi connectivity index (χ3v) is 7.30. The Labute approximate surface area is 196 Å². The monoisotopic (exact) mass is 435 g/mol. The molecule has 0 N–H and O–H groups in total. The number of aryl methyl sites for hydroxylation is 1. The second-order valence-electron chi connectivity index (χ2n) is 9.97. The maximum atomic E-state index is 4.81. The van der Waals surface area contributed by atoms with Crippen molar-refractivity contribution in [3.63, 3.8) is 0 Å². The largest absolute Gasteiger partial charge is 0.260 e. The van der Waals surface area contributed by atoms with Crippen molar-refractivity contribution < 1.29 is 0 Å². The van der Waals surface area contributed by atoms with Crippen LogP contribution < -0.4 is 0 Å². The van der Waals surface area contributed by atoms with Crippen molar-refractivity contribution in [3.8, 4) is 11.4 Å². The van der Waals surface area contributed by atoms with Crippen LogP contribution in [0, 0.1) is 5.92 Å². The zero-order valence-corrected chi connectivity index (χ0v) is 20.7. The second kappa shape index (κ2) is 14.4. The zero-order valence-electron chi connectivity index (χ0n) is 20.7. The molecule has 3 heteroatoms. The smallest absolute Gasteiger partial charge is 0.160 e. The van der Waals surface area contributed by atoms with Gasteiger partial charge < -0.3 is 0 Å². The van der Waals surface area contributed by atoms with Crippen molar-refractivity contribution >= 4 is 0 Å². The predicted molar refractivity (Wildman–Crippen MR) is 136 cm³/mol. The van der Waals surface area contributed by atoms with Gasteiger partial charge >= 0.3 is 0 Å². The summed E-state index contributed by atoms with van der Waals surface area (Å²) in [5, 5.41) is 0. The van der Waals surface area contributed by atoms with Crippen LogP contribution in [0.4, 0.5) is 0 Å². The lowest BCUT2D eigenvalue weighted by Crippen LogP contribution is -2.14. The molecule has 0 bridgehead atoms. The Morgan fingerprint density at radius 1 is 0.688 bits per heavy atom. The molecule has 0 unspecified atom stereocenters. The molecule has 2 aromatic rings. The van der Waals surface area contributed by atoms with Crippen LogP contribution in [0.3, 0.4) is 0 Å². The molecule has 0 amide bonds. The van der Waals surface area contributed by atoms with Crippen LogP contribution in [0.15, 0.2) is 30.7 Å². The van der Waals surface area contributed by atoms with Crippen LogP contribution in [0.5, 0.6) is 0 Å². The van der Waals surface area contributed by atoms with E-state index in [1.807, 2.05) is 18.6 Å². The summed E-state index contributed by atoms with van der Waals surface area (Å²) >= 11 is 0. The summed E-state index contributed by atoms with van der Waals surface area (Å²) < 4.78 is 0. The minimum Gasteiger partial charge on any atom is -0.260 e. The molecule has 0 aliphatic heterocycles. The molecule has 3 rings (SSSR count). The van der Waals surface area contributed by atoms with Gasteiger partial charge in [0.1, 0.15) is 0 Å².